The van der Waals surface area contributed by atoms with Crippen LogP contribution in [0.3, 0.4) is 0 Å². The summed E-state index contributed by atoms with van der Waals surface area (Å²) < 4.78 is 21.5. The fourth-order valence-electron chi connectivity index (χ4n) is 2.00. The summed E-state index contributed by atoms with van der Waals surface area (Å²) in [5, 5.41) is 3.81. The minimum absolute atomic E-state index is 0.276. The van der Waals surface area contributed by atoms with Gasteiger partial charge < -0.3 is 24.3 Å². The normalized spacial score (nSPS) is 10.7. The first-order valence-electron chi connectivity index (χ1n) is 7.26. The van der Waals surface area contributed by atoms with Gasteiger partial charge in [0.15, 0.2) is 11.5 Å². The van der Waals surface area contributed by atoms with Gasteiger partial charge >= 0.3 is 0 Å². The molecule has 2 aromatic rings. The summed E-state index contributed by atoms with van der Waals surface area (Å²) in [5.41, 5.74) is 0.738. The molecule has 1 aromatic carbocycles. The van der Waals surface area contributed by atoms with Gasteiger partial charge in [-0.25, -0.2) is 9.97 Å². The Hall–Kier alpha value is -2.06. The lowest BCUT2D eigenvalue weighted by Gasteiger charge is -2.15. The van der Waals surface area contributed by atoms with Crippen LogP contribution in [-0.4, -0.2) is 64.9 Å². The number of ether oxygens (including phenoxy) is 4. The summed E-state index contributed by atoms with van der Waals surface area (Å²) >= 11 is 0. The lowest BCUT2D eigenvalue weighted by Crippen LogP contribution is -2.09. The van der Waals surface area contributed by atoms with Gasteiger partial charge in [0.2, 0.25) is 0 Å². The van der Waals surface area contributed by atoms with Gasteiger partial charge in [0.1, 0.15) is 25.4 Å². The highest BCUT2D eigenvalue weighted by molar-refractivity contribution is 6.10. The van der Waals surface area contributed by atoms with Gasteiger partial charge in [0, 0.05) is 25.7 Å². The molecule has 0 aliphatic carbocycles. The molecule has 0 fully saturated rings. The Morgan fingerprint density at radius 2 is 1.61 bits per heavy atom. The van der Waals surface area contributed by atoms with Crippen molar-refractivity contribution in [2.75, 3.05) is 52.4 Å². The lowest BCUT2D eigenvalue weighted by atomic mass is 10.1. The van der Waals surface area contributed by atoms with E-state index in [1.165, 1.54) is 6.33 Å². The molecule has 0 unspecified atom stereocenters. The van der Waals surface area contributed by atoms with Crippen LogP contribution in [0.2, 0.25) is 0 Å². The van der Waals surface area contributed by atoms with Crippen LogP contribution in [0.4, 0.5) is 5.82 Å². The predicted molar refractivity (Wildman–Crippen MR) is 88.5 cm³/mol. The van der Waals surface area contributed by atoms with Gasteiger partial charge in [0.05, 0.1) is 26.6 Å². The molecule has 122 valence electrons. The molecule has 8 heteroatoms. The number of benzene rings is 1. The van der Waals surface area contributed by atoms with Crippen LogP contribution >= 0.6 is 0 Å². The molecule has 0 saturated heterocycles. The Morgan fingerprint density at radius 3 is 2.22 bits per heavy atom. The quantitative estimate of drug-likeness (QED) is 0.521. The largest absolute Gasteiger partial charge is 0.487 e. The van der Waals surface area contributed by atoms with Crippen molar-refractivity contribution in [3.05, 3.63) is 18.5 Å². The van der Waals surface area contributed by atoms with Gasteiger partial charge in [0.25, 0.3) is 0 Å². The van der Waals surface area contributed by atoms with Crippen LogP contribution in [0.1, 0.15) is 0 Å². The van der Waals surface area contributed by atoms with E-state index in [1.807, 2.05) is 12.1 Å². The number of anilines is 1. The molecular formula is C15H20BN3O4. The Balaban J connectivity index is 2.34. The SMILES string of the molecule is [B]CNc1ncnc2cc(OCCOC)c(OCCOC)cc12. The van der Waals surface area contributed by atoms with Gasteiger partial charge in [-0.3, -0.25) is 0 Å². The number of nitrogens with zero attached hydrogens (tertiary/aromatic N) is 2. The lowest BCUT2D eigenvalue weighted by molar-refractivity contribution is 0.132. The molecule has 0 saturated carbocycles. The van der Waals surface area contributed by atoms with E-state index in [-0.39, 0.29) is 6.44 Å². The van der Waals surface area contributed by atoms with Gasteiger partial charge in [-0.05, 0) is 12.5 Å². The molecule has 23 heavy (non-hydrogen) atoms. The van der Waals surface area contributed by atoms with Crippen LogP contribution in [0.25, 0.3) is 10.9 Å². The fourth-order valence-corrected chi connectivity index (χ4v) is 2.00. The van der Waals surface area contributed by atoms with Gasteiger partial charge in [-0.15, -0.1) is 0 Å². The summed E-state index contributed by atoms with van der Waals surface area (Å²) in [6, 6.07) is 3.65. The third-order valence-electron chi connectivity index (χ3n) is 3.06. The zero-order chi connectivity index (χ0) is 16.5. The first-order chi connectivity index (χ1) is 11.3. The maximum absolute atomic E-state index is 5.74. The summed E-state index contributed by atoms with van der Waals surface area (Å²) in [6.07, 6.45) is 1.75. The summed E-state index contributed by atoms with van der Waals surface area (Å²) in [4.78, 5) is 8.46. The molecule has 2 radical (unpaired) electrons. The maximum Gasteiger partial charge on any atom is 0.163 e. The smallest absolute Gasteiger partial charge is 0.163 e. The van der Waals surface area contributed by atoms with Crippen LogP contribution in [0.15, 0.2) is 18.5 Å². The zero-order valence-electron chi connectivity index (χ0n) is 13.4. The monoisotopic (exact) mass is 317 g/mol. The van der Waals surface area contributed by atoms with Gasteiger partial charge in [-0.1, -0.05) is 0 Å². The van der Waals surface area contributed by atoms with Crippen molar-refractivity contribution in [2.45, 2.75) is 0 Å². The molecule has 7 nitrogen and oxygen atoms in total. The number of hydrogen-bond donors (Lipinski definition) is 1. The Morgan fingerprint density at radius 1 is 0.957 bits per heavy atom. The van der Waals surface area contributed by atoms with E-state index in [0.717, 1.165) is 10.9 Å². The van der Waals surface area contributed by atoms with E-state index in [9.17, 15) is 0 Å². The highest BCUT2D eigenvalue weighted by Crippen LogP contribution is 2.34. The van der Waals surface area contributed by atoms with Crippen molar-refractivity contribution in [2.24, 2.45) is 0 Å². The molecule has 0 spiro atoms. The van der Waals surface area contributed by atoms with E-state index in [0.29, 0.717) is 43.7 Å². The standard InChI is InChI=1S/C15H20BN3O4/c1-20-3-5-22-13-7-11-12(8-14(13)23-6-4-21-2)18-10-19-15(11)17-9-16/h7-8,10H,3-6,9H2,1-2H3,(H,17,18,19). The van der Waals surface area contributed by atoms with Crippen molar-refractivity contribution in [3.8, 4) is 11.5 Å². The maximum atomic E-state index is 5.74. The molecular weight excluding hydrogens is 297 g/mol. The molecule has 0 bridgehead atoms. The van der Waals surface area contributed by atoms with E-state index in [1.54, 1.807) is 14.2 Å². The van der Waals surface area contributed by atoms with E-state index < -0.39 is 0 Å². The Kier molecular flexibility index (Phi) is 6.90. The van der Waals surface area contributed by atoms with Gasteiger partial charge in [-0.2, -0.15) is 0 Å². The first-order valence-corrected chi connectivity index (χ1v) is 7.26. The third-order valence-corrected chi connectivity index (χ3v) is 3.06. The molecule has 1 N–H and O–H groups in total. The fraction of sp³-hybridized carbons (Fsp3) is 0.467. The number of rotatable bonds is 10. The molecule has 0 aliphatic rings. The van der Waals surface area contributed by atoms with Crippen molar-refractivity contribution in [1.82, 2.24) is 9.97 Å². The Labute approximate surface area is 136 Å². The number of hydrogen-bond acceptors (Lipinski definition) is 7. The third kappa shape index (κ3) is 4.71. The topological polar surface area (TPSA) is 74.7 Å². The second kappa shape index (κ2) is 9.17. The minimum Gasteiger partial charge on any atom is -0.487 e. The number of methoxy groups -OCH3 is 2. The average Bonchev–Trinajstić information content (AvgIpc) is 2.56. The first kappa shape index (κ1) is 17.3. The number of nitrogens with one attached hydrogen (secondary N) is 1. The van der Waals surface area contributed by atoms with E-state index in [2.05, 4.69) is 15.3 Å². The van der Waals surface area contributed by atoms with Crippen LogP contribution < -0.4 is 14.8 Å². The summed E-state index contributed by atoms with van der Waals surface area (Å²) in [6.45, 7) is 1.80. The molecule has 0 amide bonds. The van der Waals surface area contributed by atoms with Crippen LogP contribution in [0, 0.1) is 0 Å². The highest BCUT2D eigenvalue weighted by Gasteiger charge is 2.12. The second-order valence-corrected chi connectivity index (χ2v) is 4.60. The van der Waals surface area contributed by atoms with Crippen LogP contribution in [-0.2, 0) is 9.47 Å². The van der Waals surface area contributed by atoms with Crippen molar-refractivity contribution in [3.63, 3.8) is 0 Å². The van der Waals surface area contributed by atoms with Crippen molar-refractivity contribution in [1.29, 1.82) is 0 Å². The minimum atomic E-state index is 0.276. The summed E-state index contributed by atoms with van der Waals surface area (Å²) in [5.74, 6) is 1.85. The molecule has 1 aromatic heterocycles. The summed E-state index contributed by atoms with van der Waals surface area (Å²) in [7, 11) is 8.79. The number of aromatic nitrogens is 2. The van der Waals surface area contributed by atoms with E-state index >= 15 is 0 Å². The molecule has 2 rings (SSSR count). The van der Waals surface area contributed by atoms with Crippen LogP contribution in [0.5, 0.6) is 11.5 Å². The molecule has 0 aliphatic heterocycles. The molecule has 0 atom stereocenters. The van der Waals surface area contributed by atoms with Crippen molar-refractivity contribution >= 4 is 24.6 Å². The highest BCUT2D eigenvalue weighted by atomic mass is 16.5. The second-order valence-electron chi connectivity index (χ2n) is 4.60. The Bertz CT molecular complexity index is 627. The molecule has 1 heterocycles. The zero-order valence-corrected chi connectivity index (χ0v) is 13.4. The number of fused-ring (bicyclic) bond motifs is 1. The average molecular weight is 317 g/mol. The predicted octanol–water partition coefficient (Wildman–Crippen LogP) is 1.22. The van der Waals surface area contributed by atoms with Crippen molar-refractivity contribution < 1.29 is 18.9 Å². The van der Waals surface area contributed by atoms with E-state index in [4.69, 9.17) is 26.8 Å².